The summed E-state index contributed by atoms with van der Waals surface area (Å²) in [7, 11) is 1.60. The lowest BCUT2D eigenvalue weighted by Crippen LogP contribution is -2.26. The minimum absolute atomic E-state index is 0.123. The molecular formula is C26H25N3O3. The van der Waals surface area contributed by atoms with Crippen molar-refractivity contribution in [1.29, 1.82) is 0 Å². The van der Waals surface area contributed by atoms with Gasteiger partial charge in [-0.2, -0.15) is 0 Å². The third-order valence-electron chi connectivity index (χ3n) is 5.23. The molecule has 1 fully saturated rings. The van der Waals surface area contributed by atoms with E-state index in [1.165, 1.54) is 0 Å². The summed E-state index contributed by atoms with van der Waals surface area (Å²) < 4.78 is 5.32. The predicted molar refractivity (Wildman–Crippen MR) is 127 cm³/mol. The van der Waals surface area contributed by atoms with Crippen LogP contribution < -0.4 is 21.1 Å². The van der Waals surface area contributed by atoms with Crippen LogP contribution in [0.1, 0.15) is 34.3 Å². The Kier molecular flexibility index (Phi) is 6.22. The number of nitrogen functional groups attached to an aromatic ring is 1. The SMILES string of the molecule is COc1cccc(/C(=C\c2ccc(C(=O)Nc3ccccc3N)cc2)C(=O)NC2CC2)c1. The van der Waals surface area contributed by atoms with Gasteiger partial charge in [-0.15, -0.1) is 0 Å². The van der Waals surface area contributed by atoms with Crippen molar-refractivity contribution in [2.45, 2.75) is 18.9 Å². The van der Waals surface area contributed by atoms with Crippen LogP contribution in [0.15, 0.2) is 72.8 Å². The summed E-state index contributed by atoms with van der Waals surface area (Å²) in [6.07, 6.45) is 3.84. The maximum Gasteiger partial charge on any atom is 0.255 e. The van der Waals surface area contributed by atoms with E-state index in [1.807, 2.05) is 54.6 Å². The highest BCUT2D eigenvalue weighted by Gasteiger charge is 2.25. The second-order valence-electron chi connectivity index (χ2n) is 7.70. The van der Waals surface area contributed by atoms with Crippen molar-refractivity contribution in [2.24, 2.45) is 0 Å². The van der Waals surface area contributed by atoms with Crippen molar-refractivity contribution in [1.82, 2.24) is 5.32 Å². The van der Waals surface area contributed by atoms with E-state index in [2.05, 4.69) is 10.6 Å². The molecule has 6 heteroatoms. The Morgan fingerprint density at radius 3 is 2.41 bits per heavy atom. The van der Waals surface area contributed by atoms with Crippen LogP contribution in [0.3, 0.4) is 0 Å². The van der Waals surface area contributed by atoms with Crippen LogP contribution in [0.25, 0.3) is 11.6 Å². The molecule has 0 spiro atoms. The van der Waals surface area contributed by atoms with Gasteiger partial charge in [0.25, 0.3) is 11.8 Å². The summed E-state index contributed by atoms with van der Waals surface area (Å²) in [5.41, 5.74) is 9.59. The minimum Gasteiger partial charge on any atom is -0.497 e. The Balaban J connectivity index is 1.58. The number of hydrogen-bond donors (Lipinski definition) is 3. The molecule has 1 saturated carbocycles. The number of carbonyl (C=O) groups excluding carboxylic acids is 2. The number of nitrogens with two attached hydrogens (primary N) is 1. The number of benzene rings is 3. The van der Waals surface area contributed by atoms with E-state index in [0.29, 0.717) is 28.3 Å². The fourth-order valence-corrected chi connectivity index (χ4v) is 3.26. The maximum absolute atomic E-state index is 12.9. The van der Waals surface area contributed by atoms with Crippen LogP contribution >= 0.6 is 0 Å². The van der Waals surface area contributed by atoms with Crippen LogP contribution in [0, 0.1) is 0 Å². The first-order valence-electron chi connectivity index (χ1n) is 10.5. The Bertz CT molecular complexity index is 1160. The van der Waals surface area contributed by atoms with Gasteiger partial charge in [-0.25, -0.2) is 0 Å². The van der Waals surface area contributed by atoms with E-state index in [0.717, 1.165) is 24.0 Å². The quantitative estimate of drug-likeness (QED) is 0.297. The second kappa shape index (κ2) is 9.39. The Labute approximate surface area is 187 Å². The van der Waals surface area contributed by atoms with Gasteiger partial charge in [0.05, 0.1) is 18.5 Å². The molecule has 0 atom stereocenters. The molecule has 0 saturated heterocycles. The van der Waals surface area contributed by atoms with E-state index < -0.39 is 0 Å². The number of carbonyl (C=O) groups is 2. The number of amides is 2. The number of nitrogens with one attached hydrogen (secondary N) is 2. The zero-order chi connectivity index (χ0) is 22.5. The molecule has 0 radical (unpaired) electrons. The van der Waals surface area contributed by atoms with Crippen molar-refractivity contribution in [2.75, 3.05) is 18.2 Å². The smallest absolute Gasteiger partial charge is 0.255 e. The number of ether oxygens (including phenoxy) is 1. The van der Waals surface area contributed by atoms with Gasteiger partial charge >= 0.3 is 0 Å². The monoisotopic (exact) mass is 427 g/mol. The highest BCUT2D eigenvalue weighted by Crippen LogP contribution is 2.26. The van der Waals surface area contributed by atoms with Crippen molar-refractivity contribution in [3.05, 3.63) is 89.5 Å². The summed E-state index contributed by atoms with van der Waals surface area (Å²) in [5, 5.41) is 5.86. The van der Waals surface area contributed by atoms with Crippen LogP contribution in [-0.2, 0) is 4.79 Å². The molecule has 32 heavy (non-hydrogen) atoms. The topological polar surface area (TPSA) is 93.4 Å². The molecule has 6 nitrogen and oxygen atoms in total. The summed E-state index contributed by atoms with van der Waals surface area (Å²) >= 11 is 0. The first-order valence-corrected chi connectivity index (χ1v) is 10.5. The number of hydrogen-bond acceptors (Lipinski definition) is 4. The maximum atomic E-state index is 12.9. The van der Waals surface area contributed by atoms with Crippen LogP contribution in [0.2, 0.25) is 0 Å². The Morgan fingerprint density at radius 2 is 1.72 bits per heavy atom. The summed E-state index contributed by atoms with van der Waals surface area (Å²) in [6, 6.07) is 21.8. The Hall–Kier alpha value is -4.06. The standard InChI is InChI=1S/C26H25N3O3/c1-32-21-6-4-5-19(16-21)22(26(31)28-20-13-14-20)15-17-9-11-18(12-10-17)25(30)29-24-8-3-2-7-23(24)27/h2-12,15-16,20H,13-14,27H2,1H3,(H,28,31)(H,29,30)/b22-15+. The number of anilines is 2. The molecule has 2 amide bonds. The molecule has 0 heterocycles. The average molecular weight is 428 g/mol. The average Bonchev–Trinajstić information content (AvgIpc) is 3.63. The second-order valence-corrected chi connectivity index (χ2v) is 7.70. The lowest BCUT2D eigenvalue weighted by atomic mass is 10.0. The van der Waals surface area contributed by atoms with E-state index in [1.54, 1.807) is 31.4 Å². The van der Waals surface area contributed by atoms with Crippen molar-refractivity contribution < 1.29 is 14.3 Å². The first kappa shape index (κ1) is 21.2. The molecule has 0 aromatic heterocycles. The molecule has 1 aliphatic rings. The van der Waals surface area contributed by atoms with Gasteiger partial charge < -0.3 is 21.1 Å². The van der Waals surface area contributed by atoms with Gasteiger partial charge in [0.2, 0.25) is 0 Å². The largest absolute Gasteiger partial charge is 0.497 e. The molecule has 3 aromatic rings. The fraction of sp³-hybridized carbons (Fsp3) is 0.154. The minimum atomic E-state index is -0.252. The van der Waals surface area contributed by atoms with Crippen molar-refractivity contribution in [3.63, 3.8) is 0 Å². The van der Waals surface area contributed by atoms with E-state index in [-0.39, 0.29) is 17.9 Å². The van der Waals surface area contributed by atoms with Gasteiger partial charge in [-0.05, 0) is 66.4 Å². The van der Waals surface area contributed by atoms with Gasteiger partial charge in [0, 0.05) is 17.2 Å². The summed E-state index contributed by atoms with van der Waals surface area (Å²) in [6.45, 7) is 0. The van der Waals surface area contributed by atoms with Gasteiger partial charge in [0.15, 0.2) is 0 Å². The Morgan fingerprint density at radius 1 is 0.969 bits per heavy atom. The van der Waals surface area contributed by atoms with Crippen molar-refractivity contribution >= 4 is 34.8 Å². The molecule has 0 aliphatic heterocycles. The lowest BCUT2D eigenvalue weighted by Gasteiger charge is -2.11. The summed E-state index contributed by atoms with van der Waals surface area (Å²) in [5.74, 6) is 0.305. The third kappa shape index (κ3) is 5.16. The van der Waals surface area contributed by atoms with Crippen molar-refractivity contribution in [3.8, 4) is 5.75 Å². The highest BCUT2D eigenvalue weighted by atomic mass is 16.5. The van der Waals surface area contributed by atoms with E-state index in [9.17, 15) is 9.59 Å². The van der Waals surface area contributed by atoms with E-state index in [4.69, 9.17) is 10.5 Å². The molecule has 4 rings (SSSR count). The van der Waals surface area contributed by atoms with E-state index >= 15 is 0 Å². The first-order chi connectivity index (χ1) is 15.5. The normalized spacial score (nSPS) is 13.3. The predicted octanol–water partition coefficient (Wildman–Crippen LogP) is 4.35. The molecule has 4 N–H and O–H groups in total. The number of rotatable bonds is 7. The van der Waals surface area contributed by atoms with Gasteiger partial charge in [0.1, 0.15) is 5.75 Å². The van der Waals surface area contributed by atoms with Gasteiger partial charge in [-0.3, -0.25) is 9.59 Å². The third-order valence-corrected chi connectivity index (χ3v) is 5.23. The number of para-hydroxylation sites is 2. The molecule has 0 bridgehead atoms. The fourth-order valence-electron chi connectivity index (χ4n) is 3.26. The van der Waals surface area contributed by atoms with Crippen LogP contribution in [0.4, 0.5) is 11.4 Å². The lowest BCUT2D eigenvalue weighted by molar-refractivity contribution is -0.115. The van der Waals surface area contributed by atoms with Crippen LogP contribution in [-0.4, -0.2) is 25.0 Å². The molecule has 3 aromatic carbocycles. The molecule has 162 valence electrons. The molecule has 1 aliphatic carbocycles. The molecular weight excluding hydrogens is 402 g/mol. The summed E-state index contributed by atoms with van der Waals surface area (Å²) in [4.78, 5) is 25.5. The van der Waals surface area contributed by atoms with Crippen LogP contribution in [0.5, 0.6) is 5.75 Å². The van der Waals surface area contributed by atoms with Gasteiger partial charge in [-0.1, -0.05) is 36.4 Å². The highest BCUT2D eigenvalue weighted by molar-refractivity contribution is 6.24. The number of methoxy groups -OCH3 is 1. The molecule has 0 unspecified atom stereocenters. The zero-order valence-electron chi connectivity index (χ0n) is 17.8. The zero-order valence-corrected chi connectivity index (χ0v) is 17.8.